The lowest BCUT2D eigenvalue weighted by Crippen LogP contribution is -2.45. The fourth-order valence-corrected chi connectivity index (χ4v) is 7.28. The quantitative estimate of drug-likeness (QED) is 0.0952. The zero-order valence-corrected chi connectivity index (χ0v) is 34.0. The highest BCUT2D eigenvalue weighted by Gasteiger charge is 2.42. The molecular weight excluding hydrogens is 904 g/mol. The van der Waals surface area contributed by atoms with Crippen LogP contribution in [0.4, 0.5) is 60.6 Å². The first-order valence-electron chi connectivity index (χ1n) is 18.8. The molecule has 0 saturated carbocycles. The van der Waals surface area contributed by atoms with E-state index in [0.717, 1.165) is 18.2 Å². The van der Waals surface area contributed by atoms with Crippen LogP contribution in [0.5, 0.6) is 0 Å². The van der Waals surface area contributed by atoms with Crippen molar-refractivity contribution in [3.8, 4) is 0 Å². The molecule has 1 aromatic carbocycles. The summed E-state index contributed by atoms with van der Waals surface area (Å²) in [5.41, 5.74) is -6.00. The molecule has 0 spiro atoms. The van der Waals surface area contributed by atoms with E-state index >= 15 is 8.78 Å². The number of alkyl halides is 8. The smallest absolute Gasteiger partial charge is 0.393 e. The summed E-state index contributed by atoms with van der Waals surface area (Å²) >= 11 is 12.2. The Balaban J connectivity index is 0.000000238. The van der Waals surface area contributed by atoms with Crippen molar-refractivity contribution >= 4 is 46.8 Å². The fourth-order valence-electron chi connectivity index (χ4n) is 6.59. The van der Waals surface area contributed by atoms with Gasteiger partial charge in [0.15, 0.2) is 11.3 Å². The highest BCUT2D eigenvalue weighted by molar-refractivity contribution is 6.31. The van der Waals surface area contributed by atoms with Gasteiger partial charge in [0, 0.05) is 87.3 Å². The number of carbonyl (C=O) groups is 2. The predicted octanol–water partition coefficient (Wildman–Crippen LogP) is 8.08. The van der Waals surface area contributed by atoms with E-state index in [9.17, 15) is 50.5 Å². The first kappa shape index (κ1) is 49.0. The van der Waals surface area contributed by atoms with Crippen molar-refractivity contribution in [1.29, 1.82) is 0 Å². The van der Waals surface area contributed by atoms with Crippen LogP contribution in [0.1, 0.15) is 71.5 Å². The molecule has 24 heteroatoms. The average Bonchev–Trinajstić information content (AvgIpc) is 3.23. The molecule has 4 amide bonds. The highest BCUT2D eigenvalue weighted by atomic mass is 35.5. The molecule has 2 aliphatic rings. The first-order chi connectivity index (χ1) is 29.5. The van der Waals surface area contributed by atoms with E-state index in [4.69, 9.17) is 33.4 Å². The Morgan fingerprint density at radius 1 is 0.683 bits per heavy atom. The molecule has 13 nitrogen and oxygen atoms in total. The molecule has 2 atom stereocenters. The minimum absolute atomic E-state index is 0.000596. The Bertz CT molecular complexity index is 2240. The fraction of sp³-hybridized carbons (Fsp3) is 0.410. The molecular formula is C39H38Cl2F9N7O6. The number of anilines is 2. The number of aromatic nitrogens is 3. The van der Waals surface area contributed by atoms with Crippen molar-refractivity contribution < 1.29 is 69.5 Å². The lowest BCUT2D eigenvalue weighted by atomic mass is 9.89. The van der Waals surface area contributed by atoms with Gasteiger partial charge in [-0.2, -0.15) is 26.3 Å². The lowest BCUT2D eigenvalue weighted by molar-refractivity contribution is -0.140. The standard InChI is InChI=1S/C20H19ClF5N3O3.C19H19ClF4N4O3/c21-14-7-11(16(31)10-30)9-27-17(14)19(23)3-5-29(6-4-19)18(32)28-12-1-2-13(15(22)8-12)20(24,25)26;20-13-7-11(14(30)10-29)8-26-16(13)18(21)3-5-28(6-4-18)17(31)27-15-2-1-12(9-25-15)19(22,23)24/h1-2,7-9,16,30-31H,3-6,10H2,(H,28,32);1-2,7-9,14,29-30H,3-6,10H2,(H,25,27,31)/t16-;14-/m11/s1. The Hall–Kier alpha value is -5.00. The third-order valence-electron chi connectivity index (χ3n) is 10.2. The van der Waals surface area contributed by atoms with Crippen LogP contribution in [0, 0.1) is 5.82 Å². The topological polar surface area (TPSA) is 184 Å². The molecule has 6 rings (SSSR count). The van der Waals surface area contributed by atoms with E-state index in [1.165, 1.54) is 34.3 Å². The molecule has 4 aromatic rings. The number of aliphatic hydroxyl groups excluding tert-OH is 4. The summed E-state index contributed by atoms with van der Waals surface area (Å²) < 4.78 is 120. The van der Waals surface area contributed by atoms with Crippen molar-refractivity contribution in [1.82, 2.24) is 24.8 Å². The van der Waals surface area contributed by atoms with Crippen LogP contribution in [0.3, 0.4) is 0 Å². The molecule has 6 N–H and O–H groups in total. The van der Waals surface area contributed by atoms with Gasteiger partial charge in [0.05, 0.1) is 45.8 Å². The molecule has 2 aliphatic heterocycles. The largest absolute Gasteiger partial charge is 0.419 e. The van der Waals surface area contributed by atoms with Crippen LogP contribution >= 0.6 is 23.2 Å². The number of amides is 4. The zero-order valence-electron chi connectivity index (χ0n) is 32.5. The number of piperidine rings is 2. The van der Waals surface area contributed by atoms with E-state index in [2.05, 4.69) is 25.6 Å². The SMILES string of the molecule is O=C(Nc1ccc(C(F)(F)F)c(F)c1)N1CCC(F)(c2ncc([C@H](O)CO)cc2Cl)CC1.O=C(Nc1ccc(C(F)(F)F)cn1)N1CCC(F)(c2ncc([C@H](O)CO)cc2Cl)CC1. The number of urea groups is 2. The number of benzene rings is 1. The van der Waals surface area contributed by atoms with Crippen molar-refractivity contribution in [2.45, 2.75) is 61.6 Å². The maximum Gasteiger partial charge on any atom is 0.419 e. The van der Waals surface area contributed by atoms with Crippen molar-refractivity contribution in [3.05, 3.63) is 111 Å². The maximum absolute atomic E-state index is 15.5. The van der Waals surface area contributed by atoms with Gasteiger partial charge >= 0.3 is 24.4 Å². The third kappa shape index (κ3) is 12.0. The van der Waals surface area contributed by atoms with Crippen molar-refractivity contribution in [2.75, 3.05) is 50.0 Å². The summed E-state index contributed by atoms with van der Waals surface area (Å²) in [6.07, 6.45) is -9.23. The molecule has 2 saturated heterocycles. The molecule has 0 radical (unpaired) electrons. The number of hydrogen-bond donors (Lipinski definition) is 6. The minimum Gasteiger partial charge on any atom is -0.393 e. The Kier molecular flexibility index (Phi) is 15.4. The van der Waals surface area contributed by atoms with E-state index in [1.54, 1.807) is 0 Å². The number of rotatable bonds is 8. The molecule has 0 bridgehead atoms. The number of halogens is 11. The van der Waals surface area contributed by atoms with E-state index < -0.39 is 78.1 Å². The summed E-state index contributed by atoms with van der Waals surface area (Å²) in [5, 5.41) is 41.9. The Morgan fingerprint density at radius 3 is 1.51 bits per heavy atom. The van der Waals surface area contributed by atoms with Crippen LogP contribution in [-0.2, 0) is 23.7 Å². The number of carbonyl (C=O) groups excluding carboxylic acids is 2. The zero-order chi connectivity index (χ0) is 46.5. The number of likely N-dealkylation sites (tertiary alicyclic amines) is 2. The van der Waals surface area contributed by atoms with Crippen LogP contribution < -0.4 is 10.6 Å². The number of nitrogens with one attached hydrogen (secondary N) is 2. The second-order valence-electron chi connectivity index (χ2n) is 14.5. The first-order valence-corrected chi connectivity index (χ1v) is 19.5. The van der Waals surface area contributed by atoms with Crippen LogP contribution in [-0.4, -0.2) is 96.6 Å². The monoisotopic (exact) mass is 941 g/mol. The van der Waals surface area contributed by atoms with Gasteiger partial charge in [0.25, 0.3) is 0 Å². The number of hydrogen-bond acceptors (Lipinski definition) is 9. The second kappa shape index (κ2) is 19.8. The minimum atomic E-state index is -4.85. The number of nitrogens with zero attached hydrogens (tertiary/aromatic N) is 5. The summed E-state index contributed by atoms with van der Waals surface area (Å²) in [7, 11) is 0. The molecule has 0 aliphatic carbocycles. The summed E-state index contributed by atoms with van der Waals surface area (Å²) in [5.74, 6) is -1.58. The maximum atomic E-state index is 15.5. The summed E-state index contributed by atoms with van der Waals surface area (Å²) in [4.78, 5) is 38.9. The molecule has 63 heavy (non-hydrogen) atoms. The molecule has 2 fully saturated rings. The van der Waals surface area contributed by atoms with Crippen LogP contribution in [0.15, 0.2) is 61.1 Å². The highest BCUT2D eigenvalue weighted by Crippen LogP contribution is 2.42. The number of pyridine rings is 3. The molecule has 5 heterocycles. The normalized spacial score (nSPS) is 17.3. The van der Waals surface area contributed by atoms with Gasteiger partial charge in [-0.15, -0.1) is 0 Å². The van der Waals surface area contributed by atoms with Gasteiger partial charge in [-0.05, 0) is 42.5 Å². The molecule has 0 unspecified atom stereocenters. The van der Waals surface area contributed by atoms with Crippen molar-refractivity contribution in [3.63, 3.8) is 0 Å². The lowest BCUT2D eigenvalue weighted by Gasteiger charge is -2.36. The predicted molar refractivity (Wildman–Crippen MR) is 208 cm³/mol. The van der Waals surface area contributed by atoms with Crippen LogP contribution in [0.25, 0.3) is 0 Å². The van der Waals surface area contributed by atoms with E-state index in [0.29, 0.717) is 18.3 Å². The third-order valence-corrected chi connectivity index (χ3v) is 10.8. The van der Waals surface area contributed by atoms with Gasteiger partial charge in [-0.3, -0.25) is 15.3 Å². The summed E-state index contributed by atoms with van der Waals surface area (Å²) in [6.45, 7) is -1.15. The van der Waals surface area contributed by atoms with Gasteiger partial charge in [0.2, 0.25) is 0 Å². The Morgan fingerprint density at radius 2 is 1.14 bits per heavy atom. The Labute approximate surface area is 362 Å². The van der Waals surface area contributed by atoms with Crippen molar-refractivity contribution in [2.24, 2.45) is 0 Å². The van der Waals surface area contributed by atoms with Gasteiger partial charge < -0.3 is 35.5 Å². The van der Waals surface area contributed by atoms with Crippen LogP contribution in [0.2, 0.25) is 10.0 Å². The second-order valence-corrected chi connectivity index (χ2v) is 15.3. The van der Waals surface area contributed by atoms with Gasteiger partial charge in [-0.1, -0.05) is 23.2 Å². The van der Waals surface area contributed by atoms with E-state index in [1.807, 2.05) is 0 Å². The molecule has 342 valence electrons. The average molecular weight is 943 g/mol. The van der Waals surface area contributed by atoms with E-state index in [-0.39, 0.29) is 95.9 Å². The molecule has 3 aromatic heterocycles. The summed E-state index contributed by atoms with van der Waals surface area (Å²) in [6, 6.07) is 5.17. The van der Waals surface area contributed by atoms with Gasteiger partial charge in [0.1, 0.15) is 23.8 Å². The van der Waals surface area contributed by atoms with Gasteiger partial charge in [-0.25, -0.2) is 27.7 Å². The number of aliphatic hydroxyl groups is 4.